The summed E-state index contributed by atoms with van der Waals surface area (Å²) in [5.41, 5.74) is 0.502. The molecule has 0 bridgehead atoms. The number of methoxy groups -OCH3 is 1. The van der Waals surface area contributed by atoms with Crippen LogP contribution in [-0.2, 0) is 21.6 Å². The van der Waals surface area contributed by atoms with Gasteiger partial charge in [-0.1, -0.05) is 0 Å². The first-order valence-corrected chi connectivity index (χ1v) is 9.71. The number of aromatic nitrogens is 2. The van der Waals surface area contributed by atoms with E-state index in [0.29, 0.717) is 11.3 Å². The number of rotatable bonds is 6. The molecule has 2 aromatic rings. The minimum Gasteiger partial charge on any atom is -0.464 e. The minimum absolute atomic E-state index is 0.00782. The molecule has 0 aliphatic heterocycles. The molecule has 0 saturated heterocycles. The summed E-state index contributed by atoms with van der Waals surface area (Å²) in [6.07, 6.45) is 0.334. The standard InChI is InChI=1S/C17H22N2O6S/c1-9-12(15(20)14-10(2)18-19(4)17(14)21)7-8-13(26(6,22)23)16(9)25-11(3)24-5/h7-8,11,18H,1-6H3. The number of sulfone groups is 1. The Labute approximate surface area is 151 Å². The average molecular weight is 382 g/mol. The van der Waals surface area contributed by atoms with Crippen LogP contribution in [0.25, 0.3) is 0 Å². The van der Waals surface area contributed by atoms with Crippen molar-refractivity contribution < 1.29 is 22.7 Å². The second-order valence-corrected chi connectivity index (χ2v) is 8.05. The van der Waals surface area contributed by atoms with Crippen molar-refractivity contribution >= 4 is 15.6 Å². The molecule has 0 amide bonds. The Morgan fingerprint density at radius 1 is 1.27 bits per heavy atom. The summed E-state index contributed by atoms with van der Waals surface area (Å²) in [5, 5.41) is 2.77. The number of aryl methyl sites for hydroxylation is 2. The van der Waals surface area contributed by atoms with Crippen molar-refractivity contribution in [1.82, 2.24) is 9.78 Å². The van der Waals surface area contributed by atoms with Crippen LogP contribution in [0.3, 0.4) is 0 Å². The normalized spacial score (nSPS) is 12.8. The Bertz CT molecular complexity index is 1020. The van der Waals surface area contributed by atoms with E-state index < -0.39 is 27.5 Å². The molecule has 1 N–H and O–H groups in total. The lowest BCUT2D eigenvalue weighted by Gasteiger charge is -2.19. The highest BCUT2D eigenvalue weighted by Gasteiger charge is 2.26. The molecule has 2 rings (SSSR count). The molecule has 0 aliphatic rings. The second kappa shape index (κ2) is 7.08. The lowest BCUT2D eigenvalue weighted by atomic mass is 9.99. The van der Waals surface area contributed by atoms with Crippen LogP contribution >= 0.6 is 0 Å². The fraction of sp³-hybridized carbons (Fsp3) is 0.412. The molecule has 1 atom stereocenters. The zero-order valence-electron chi connectivity index (χ0n) is 15.5. The molecule has 0 spiro atoms. The summed E-state index contributed by atoms with van der Waals surface area (Å²) in [5.74, 6) is -0.463. The first-order valence-electron chi connectivity index (χ1n) is 7.82. The molecule has 0 saturated carbocycles. The maximum Gasteiger partial charge on any atom is 0.277 e. The summed E-state index contributed by atoms with van der Waals surface area (Å²) >= 11 is 0. The van der Waals surface area contributed by atoms with E-state index >= 15 is 0 Å². The van der Waals surface area contributed by atoms with Gasteiger partial charge in [-0.2, -0.15) is 0 Å². The zero-order chi connectivity index (χ0) is 19.8. The summed E-state index contributed by atoms with van der Waals surface area (Å²) < 4.78 is 36.0. The van der Waals surface area contributed by atoms with Crippen LogP contribution in [0.2, 0.25) is 0 Å². The maximum atomic E-state index is 12.9. The fourth-order valence-corrected chi connectivity index (χ4v) is 3.51. The molecule has 0 aliphatic carbocycles. The van der Waals surface area contributed by atoms with Gasteiger partial charge in [0.1, 0.15) is 16.2 Å². The molecule has 0 radical (unpaired) electrons. The van der Waals surface area contributed by atoms with Gasteiger partial charge in [-0.05, 0) is 32.9 Å². The number of hydrogen-bond acceptors (Lipinski definition) is 6. The maximum absolute atomic E-state index is 12.9. The quantitative estimate of drug-likeness (QED) is 0.597. The number of nitrogens with zero attached hydrogens (tertiary/aromatic N) is 1. The van der Waals surface area contributed by atoms with Gasteiger partial charge in [0.05, 0.1) is 0 Å². The van der Waals surface area contributed by atoms with Crippen molar-refractivity contribution in [2.75, 3.05) is 13.4 Å². The number of carbonyl (C=O) groups excluding carboxylic acids is 1. The third kappa shape index (κ3) is 3.58. The van der Waals surface area contributed by atoms with Gasteiger partial charge in [0.15, 0.2) is 16.1 Å². The molecular weight excluding hydrogens is 360 g/mol. The second-order valence-electron chi connectivity index (χ2n) is 6.06. The number of ketones is 1. The third-order valence-corrected chi connectivity index (χ3v) is 5.21. The molecular formula is C17H22N2O6S. The number of aromatic amines is 1. The van der Waals surface area contributed by atoms with Crippen molar-refractivity contribution in [2.24, 2.45) is 7.05 Å². The van der Waals surface area contributed by atoms with Crippen LogP contribution in [0.5, 0.6) is 5.75 Å². The minimum atomic E-state index is -3.59. The number of nitrogens with one attached hydrogen (secondary N) is 1. The monoisotopic (exact) mass is 382 g/mol. The first kappa shape index (κ1) is 19.9. The summed E-state index contributed by atoms with van der Waals surface area (Å²) in [6.45, 7) is 4.80. The Balaban J connectivity index is 2.70. The number of ether oxygens (including phenoxy) is 2. The Morgan fingerprint density at radius 3 is 2.35 bits per heavy atom. The van der Waals surface area contributed by atoms with Gasteiger partial charge in [0, 0.05) is 37.2 Å². The van der Waals surface area contributed by atoms with E-state index in [-0.39, 0.29) is 21.8 Å². The highest BCUT2D eigenvalue weighted by atomic mass is 32.2. The Kier molecular flexibility index (Phi) is 5.43. The Morgan fingerprint density at radius 2 is 1.88 bits per heavy atom. The molecule has 9 heteroatoms. The van der Waals surface area contributed by atoms with Gasteiger partial charge >= 0.3 is 0 Å². The van der Waals surface area contributed by atoms with Crippen molar-refractivity contribution in [3.8, 4) is 5.75 Å². The average Bonchev–Trinajstić information content (AvgIpc) is 2.79. The van der Waals surface area contributed by atoms with Crippen LogP contribution in [0.1, 0.15) is 34.1 Å². The van der Waals surface area contributed by atoms with Gasteiger partial charge in [0.25, 0.3) is 5.56 Å². The smallest absolute Gasteiger partial charge is 0.277 e. The number of carbonyl (C=O) groups is 1. The van der Waals surface area contributed by atoms with Crippen LogP contribution in [0, 0.1) is 13.8 Å². The molecule has 8 nitrogen and oxygen atoms in total. The molecule has 1 unspecified atom stereocenters. The van der Waals surface area contributed by atoms with Gasteiger partial charge < -0.3 is 9.47 Å². The first-order chi connectivity index (χ1) is 12.0. The van der Waals surface area contributed by atoms with Gasteiger partial charge in [-0.25, -0.2) is 8.42 Å². The molecule has 1 aromatic carbocycles. The lowest BCUT2D eigenvalue weighted by molar-refractivity contribution is -0.0404. The highest BCUT2D eigenvalue weighted by Crippen LogP contribution is 2.32. The predicted octanol–water partition coefficient (Wildman–Crippen LogP) is 1.34. The number of benzene rings is 1. The molecule has 142 valence electrons. The van der Waals surface area contributed by atoms with Crippen LogP contribution in [0.15, 0.2) is 21.8 Å². The van der Waals surface area contributed by atoms with E-state index in [1.54, 1.807) is 20.8 Å². The van der Waals surface area contributed by atoms with E-state index in [1.807, 2.05) is 0 Å². The summed E-state index contributed by atoms with van der Waals surface area (Å²) in [7, 11) is -0.660. The van der Waals surface area contributed by atoms with Crippen molar-refractivity contribution in [3.05, 3.63) is 44.9 Å². The zero-order valence-corrected chi connectivity index (χ0v) is 16.4. The summed E-state index contributed by atoms with van der Waals surface area (Å²) in [6, 6.07) is 2.70. The lowest BCUT2D eigenvalue weighted by Crippen LogP contribution is -2.21. The largest absolute Gasteiger partial charge is 0.464 e. The van der Waals surface area contributed by atoms with E-state index in [4.69, 9.17) is 9.47 Å². The molecule has 26 heavy (non-hydrogen) atoms. The predicted molar refractivity (Wildman–Crippen MR) is 95.6 cm³/mol. The van der Waals surface area contributed by atoms with E-state index in [2.05, 4.69) is 5.10 Å². The number of hydrogen-bond donors (Lipinski definition) is 1. The third-order valence-electron chi connectivity index (χ3n) is 4.09. The SMILES string of the molecule is COC(C)Oc1c(S(C)(=O)=O)ccc(C(=O)c2c(C)[nH]n(C)c2=O)c1C. The number of H-pyrrole nitrogens is 1. The molecule has 1 heterocycles. The fourth-order valence-electron chi connectivity index (χ4n) is 2.65. The highest BCUT2D eigenvalue weighted by molar-refractivity contribution is 7.90. The van der Waals surface area contributed by atoms with Crippen LogP contribution in [0.4, 0.5) is 0 Å². The van der Waals surface area contributed by atoms with Gasteiger partial charge in [-0.3, -0.25) is 19.4 Å². The van der Waals surface area contributed by atoms with Crippen molar-refractivity contribution in [2.45, 2.75) is 32.0 Å². The molecule has 0 fully saturated rings. The van der Waals surface area contributed by atoms with Gasteiger partial charge in [0.2, 0.25) is 5.78 Å². The van der Waals surface area contributed by atoms with Crippen molar-refractivity contribution in [1.29, 1.82) is 0 Å². The van der Waals surface area contributed by atoms with E-state index in [0.717, 1.165) is 6.26 Å². The van der Waals surface area contributed by atoms with Crippen molar-refractivity contribution in [3.63, 3.8) is 0 Å². The van der Waals surface area contributed by atoms with Crippen LogP contribution < -0.4 is 10.3 Å². The topological polar surface area (TPSA) is 107 Å². The van der Waals surface area contributed by atoms with E-state index in [9.17, 15) is 18.0 Å². The summed E-state index contributed by atoms with van der Waals surface area (Å²) in [4.78, 5) is 25.1. The van der Waals surface area contributed by atoms with E-state index in [1.165, 1.54) is 31.0 Å². The Hall–Kier alpha value is -2.39. The van der Waals surface area contributed by atoms with Gasteiger partial charge in [-0.15, -0.1) is 0 Å². The van der Waals surface area contributed by atoms with Crippen LogP contribution in [-0.4, -0.2) is 43.6 Å². The molecule has 1 aromatic heterocycles.